The van der Waals surface area contributed by atoms with Crippen LogP contribution in [0.4, 0.5) is 0 Å². The minimum absolute atomic E-state index is 0.224. The molecule has 0 amide bonds. The summed E-state index contributed by atoms with van der Waals surface area (Å²) in [6.45, 7) is 6.32. The van der Waals surface area contributed by atoms with Gasteiger partial charge >= 0.3 is 5.97 Å². The molecule has 0 rings (SSSR count). The van der Waals surface area contributed by atoms with Crippen LogP contribution < -0.4 is 0 Å². The molecular formula is C8H15BrO2. The van der Waals surface area contributed by atoms with Crippen LogP contribution in [-0.4, -0.2) is 15.9 Å². The van der Waals surface area contributed by atoms with Gasteiger partial charge in [-0.25, -0.2) is 0 Å². The SMILES string of the molecule is CC(C)(C)CC[C@H](Br)C(=O)O. The van der Waals surface area contributed by atoms with Gasteiger partial charge in [0.1, 0.15) is 4.83 Å². The highest BCUT2D eigenvalue weighted by molar-refractivity contribution is 9.10. The normalized spacial score (nSPS) is 14.5. The number of carboxylic acids is 1. The number of alkyl halides is 1. The first-order valence-electron chi connectivity index (χ1n) is 3.70. The van der Waals surface area contributed by atoms with Gasteiger partial charge in [0, 0.05) is 0 Å². The lowest BCUT2D eigenvalue weighted by atomic mass is 9.90. The van der Waals surface area contributed by atoms with Gasteiger partial charge in [0.05, 0.1) is 0 Å². The van der Waals surface area contributed by atoms with Crippen molar-refractivity contribution < 1.29 is 9.90 Å². The Morgan fingerprint density at radius 1 is 1.55 bits per heavy atom. The molecule has 1 atom stereocenters. The fourth-order valence-corrected chi connectivity index (χ4v) is 0.912. The Kier molecular flexibility index (Phi) is 4.08. The lowest BCUT2D eigenvalue weighted by Gasteiger charge is -2.18. The van der Waals surface area contributed by atoms with E-state index >= 15 is 0 Å². The highest BCUT2D eigenvalue weighted by Gasteiger charge is 2.17. The molecule has 66 valence electrons. The zero-order valence-electron chi connectivity index (χ0n) is 7.22. The average Bonchev–Trinajstić information content (AvgIpc) is 1.80. The monoisotopic (exact) mass is 222 g/mol. The first-order valence-corrected chi connectivity index (χ1v) is 4.61. The Morgan fingerprint density at radius 2 is 2.00 bits per heavy atom. The number of rotatable bonds is 3. The summed E-state index contributed by atoms with van der Waals surface area (Å²) in [4.78, 5) is 9.98. The van der Waals surface area contributed by atoms with Crippen molar-refractivity contribution in [2.24, 2.45) is 5.41 Å². The molecule has 0 radical (unpaired) electrons. The Bertz CT molecular complexity index is 138. The van der Waals surface area contributed by atoms with E-state index in [2.05, 4.69) is 36.7 Å². The predicted molar refractivity (Wildman–Crippen MR) is 49.0 cm³/mol. The summed E-state index contributed by atoms with van der Waals surface area (Å²) in [6.07, 6.45) is 1.62. The smallest absolute Gasteiger partial charge is 0.317 e. The van der Waals surface area contributed by atoms with Gasteiger partial charge in [0.2, 0.25) is 0 Å². The summed E-state index contributed by atoms with van der Waals surface area (Å²) in [5.74, 6) is -0.769. The summed E-state index contributed by atoms with van der Waals surface area (Å²) in [7, 11) is 0. The second-order valence-corrected chi connectivity index (χ2v) is 5.01. The molecule has 3 heteroatoms. The van der Waals surface area contributed by atoms with Crippen LogP contribution in [0.15, 0.2) is 0 Å². The highest BCUT2D eigenvalue weighted by atomic mass is 79.9. The fourth-order valence-electron chi connectivity index (χ4n) is 0.683. The third-order valence-electron chi connectivity index (χ3n) is 1.42. The van der Waals surface area contributed by atoms with Crippen molar-refractivity contribution in [3.05, 3.63) is 0 Å². The zero-order chi connectivity index (χ0) is 9.07. The number of carboxylic acid groups (broad SMARTS) is 1. The lowest BCUT2D eigenvalue weighted by molar-refractivity contribution is -0.136. The first kappa shape index (κ1) is 11.0. The Labute approximate surface area is 76.1 Å². The van der Waals surface area contributed by atoms with Crippen LogP contribution in [0.25, 0.3) is 0 Å². The van der Waals surface area contributed by atoms with Crippen molar-refractivity contribution in [1.29, 1.82) is 0 Å². The second kappa shape index (κ2) is 4.10. The largest absolute Gasteiger partial charge is 0.480 e. The third kappa shape index (κ3) is 6.35. The summed E-state index contributed by atoms with van der Waals surface area (Å²) >= 11 is 3.10. The molecule has 0 saturated heterocycles. The molecular weight excluding hydrogens is 208 g/mol. The molecule has 0 unspecified atom stereocenters. The highest BCUT2D eigenvalue weighted by Crippen LogP contribution is 2.23. The molecule has 0 aliphatic carbocycles. The van der Waals surface area contributed by atoms with E-state index in [4.69, 9.17) is 5.11 Å². The van der Waals surface area contributed by atoms with Crippen LogP contribution in [0.1, 0.15) is 33.6 Å². The zero-order valence-corrected chi connectivity index (χ0v) is 8.81. The van der Waals surface area contributed by atoms with Gasteiger partial charge in [-0.15, -0.1) is 0 Å². The molecule has 0 bridgehead atoms. The fraction of sp³-hybridized carbons (Fsp3) is 0.875. The van der Waals surface area contributed by atoms with Crippen molar-refractivity contribution in [3.63, 3.8) is 0 Å². The molecule has 0 aliphatic rings. The number of hydrogen-bond acceptors (Lipinski definition) is 1. The molecule has 0 aromatic heterocycles. The van der Waals surface area contributed by atoms with E-state index in [1.165, 1.54) is 0 Å². The maximum atomic E-state index is 10.4. The maximum absolute atomic E-state index is 10.4. The van der Waals surface area contributed by atoms with E-state index in [9.17, 15) is 4.79 Å². The summed E-state index contributed by atoms with van der Waals surface area (Å²) in [5, 5.41) is 8.53. The van der Waals surface area contributed by atoms with Gasteiger partial charge in [-0.3, -0.25) is 4.79 Å². The molecule has 0 aromatic carbocycles. The van der Waals surface area contributed by atoms with E-state index in [1.807, 2.05) is 0 Å². The average molecular weight is 223 g/mol. The maximum Gasteiger partial charge on any atom is 0.317 e. The van der Waals surface area contributed by atoms with Crippen LogP contribution in [0.5, 0.6) is 0 Å². The number of aliphatic carboxylic acids is 1. The van der Waals surface area contributed by atoms with Crippen LogP contribution in [0.3, 0.4) is 0 Å². The van der Waals surface area contributed by atoms with Gasteiger partial charge in [-0.2, -0.15) is 0 Å². The summed E-state index contributed by atoms with van der Waals surface area (Å²) in [5.41, 5.74) is 0.224. The molecule has 1 N–H and O–H groups in total. The molecule has 0 fully saturated rings. The topological polar surface area (TPSA) is 37.3 Å². The first-order chi connectivity index (χ1) is 4.83. The summed E-state index contributed by atoms with van der Waals surface area (Å²) in [6, 6.07) is 0. The molecule has 0 heterocycles. The van der Waals surface area contributed by atoms with Gasteiger partial charge < -0.3 is 5.11 Å². The van der Waals surface area contributed by atoms with Crippen LogP contribution >= 0.6 is 15.9 Å². The van der Waals surface area contributed by atoms with Crippen molar-refractivity contribution in [3.8, 4) is 0 Å². The Morgan fingerprint density at radius 3 is 2.27 bits per heavy atom. The third-order valence-corrected chi connectivity index (χ3v) is 2.27. The quantitative estimate of drug-likeness (QED) is 0.746. The van der Waals surface area contributed by atoms with Gasteiger partial charge in [0.15, 0.2) is 0 Å². The summed E-state index contributed by atoms with van der Waals surface area (Å²) < 4.78 is 0. The van der Waals surface area contributed by atoms with E-state index in [0.29, 0.717) is 6.42 Å². The standard InChI is InChI=1S/C8H15BrO2/c1-8(2,3)5-4-6(9)7(10)11/h6H,4-5H2,1-3H3,(H,10,11)/t6-/m0/s1. The number of hydrogen-bond donors (Lipinski definition) is 1. The van der Waals surface area contributed by atoms with E-state index < -0.39 is 5.97 Å². The number of halogens is 1. The molecule has 11 heavy (non-hydrogen) atoms. The van der Waals surface area contributed by atoms with E-state index in [0.717, 1.165) is 6.42 Å². The number of carbonyl (C=O) groups is 1. The molecule has 2 nitrogen and oxygen atoms in total. The lowest BCUT2D eigenvalue weighted by Crippen LogP contribution is -2.16. The van der Waals surface area contributed by atoms with E-state index in [1.54, 1.807) is 0 Å². The van der Waals surface area contributed by atoms with Crippen LogP contribution in [-0.2, 0) is 4.79 Å². The van der Waals surface area contributed by atoms with Crippen LogP contribution in [0.2, 0.25) is 0 Å². The van der Waals surface area contributed by atoms with Gasteiger partial charge in [-0.1, -0.05) is 36.7 Å². The molecule has 0 spiro atoms. The minimum atomic E-state index is -0.769. The van der Waals surface area contributed by atoms with Crippen molar-refractivity contribution in [2.75, 3.05) is 0 Å². The molecule has 0 saturated carbocycles. The predicted octanol–water partition coefficient (Wildman–Crippen LogP) is 2.66. The van der Waals surface area contributed by atoms with E-state index in [-0.39, 0.29) is 10.2 Å². The van der Waals surface area contributed by atoms with Crippen molar-refractivity contribution in [1.82, 2.24) is 0 Å². The van der Waals surface area contributed by atoms with Crippen molar-refractivity contribution in [2.45, 2.75) is 38.4 Å². The minimum Gasteiger partial charge on any atom is -0.480 e. The second-order valence-electron chi connectivity index (χ2n) is 3.91. The molecule has 0 aliphatic heterocycles. The Balaban J connectivity index is 3.63. The van der Waals surface area contributed by atoms with Crippen molar-refractivity contribution >= 4 is 21.9 Å². The van der Waals surface area contributed by atoms with Crippen LogP contribution in [0, 0.1) is 5.41 Å². The van der Waals surface area contributed by atoms with Gasteiger partial charge in [-0.05, 0) is 18.3 Å². The molecule has 0 aromatic rings. The van der Waals surface area contributed by atoms with Gasteiger partial charge in [0.25, 0.3) is 0 Å². The Hall–Kier alpha value is -0.0500.